The van der Waals surface area contributed by atoms with Crippen LogP contribution in [0.2, 0.25) is 0 Å². The van der Waals surface area contributed by atoms with E-state index in [4.69, 9.17) is 0 Å². The van der Waals surface area contributed by atoms with Crippen LogP contribution in [0.3, 0.4) is 0 Å². The monoisotopic (exact) mass is 429 g/mol. The van der Waals surface area contributed by atoms with Crippen molar-refractivity contribution >= 4 is 11.9 Å². The van der Waals surface area contributed by atoms with Crippen molar-refractivity contribution in [3.8, 4) is 5.75 Å². The third kappa shape index (κ3) is 4.12. The number of halogens is 1. The van der Waals surface area contributed by atoms with Gasteiger partial charge in [-0.15, -0.1) is 0 Å². The highest BCUT2D eigenvalue weighted by Gasteiger charge is 2.35. The molecule has 0 radical (unpaired) electrons. The number of hydrogen-bond acceptors (Lipinski definition) is 5. The van der Waals surface area contributed by atoms with E-state index in [1.165, 1.54) is 23.2 Å². The largest absolute Gasteiger partial charge is 0.502 e. The molecule has 1 saturated carbocycles. The fourth-order valence-corrected chi connectivity index (χ4v) is 4.39. The predicted molar refractivity (Wildman–Crippen MR) is 110 cm³/mol. The lowest BCUT2D eigenvalue weighted by Crippen LogP contribution is -2.55. The molecule has 31 heavy (non-hydrogen) atoms. The molecular weight excluding hydrogens is 405 g/mol. The summed E-state index contributed by atoms with van der Waals surface area (Å²) in [4.78, 5) is 38.6. The fraction of sp³-hybridized carbons (Fsp3) is 0.409. The summed E-state index contributed by atoms with van der Waals surface area (Å²) in [6.07, 6.45) is 6.48. The second kappa shape index (κ2) is 8.41. The Bertz CT molecular complexity index is 1060. The second-order valence-electron chi connectivity index (χ2n) is 8.18. The van der Waals surface area contributed by atoms with Gasteiger partial charge in [-0.25, -0.2) is 9.18 Å². The number of aromatic hydroxyl groups is 1. The Labute approximate surface area is 178 Å². The van der Waals surface area contributed by atoms with Crippen LogP contribution in [-0.2, 0) is 6.54 Å². The molecule has 0 unspecified atom stereocenters. The van der Waals surface area contributed by atoms with Gasteiger partial charge in [-0.05, 0) is 36.5 Å². The van der Waals surface area contributed by atoms with Gasteiger partial charge < -0.3 is 15.1 Å². The van der Waals surface area contributed by atoms with Gasteiger partial charge in [0.25, 0.3) is 5.91 Å². The first-order chi connectivity index (χ1) is 14.8. The number of carboxylic acids is 1. The van der Waals surface area contributed by atoms with Crippen molar-refractivity contribution in [1.82, 2.24) is 9.58 Å². The summed E-state index contributed by atoms with van der Waals surface area (Å²) in [5.41, 5.74) is -1.24. The summed E-state index contributed by atoms with van der Waals surface area (Å²) in [6.45, 7) is 0.872. The molecule has 9 heteroatoms. The molecule has 2 aliphatic rings. The predicted octanol–water partition coefficient (Wildman–Crippen LogP) is 2.52. The van der Waals surface area contributed by atoms with Crippen molar-refractivity contribution in [2.45, 2.75) is 38.6 Å². The number of hydrogen-bond donors (Lipinski definition) is 2. The summed E-state index contributed by atoms with van der Waals surface area (Å²) < 4.78 is 14.6. The number of fused-ring (bicyclic) bond motifs is 1. The molecule has 1 aliphatic carbocycles. The molecule has 0 atom stereocenters. The van der Waals surface area contributed by atoms with E-state index in [9.17, 15) is 29.0 Å². The maximum atomic E-state index is 13.3. The molecule has 1 fully saturated rings. The van der Waals surface area contributed by atoms with E-state index in [-0.39, 0.29) is 24.7 Å². The van der Waals surface area contributed by atoms with Crippen LogP contribution in [0.15, 0.2) is 35.3 Å². The molecule has 2 aromatic rings. The van der Waals surface area contributed by atoms with Crippen LogP contribution in [0.4, 0.5) is 4.39 Å². The molecular formula is C22H24FN3O5. The minimum atomic E-state index is -1.49. The van der Waals surface area contributed by atoms with Gasteiger partial charge in [0.05, 0.1) is 6.54 Å². The zero-order chi connectivity index (χ0) is 22.1. The first kappa shape index (κ1) is 20.9. The molecule has 164 valence electrons. The molecule has 2 heterocycles. The lowest BCUT2D eigenvalue weighted by molar-refractivity contribution is 0.0628. The lowest BCUT2D eigenvalue weighted by atomic mass is 9.89. The third-order valence-corrected chi connectivity index (χ3v) is 6.01. The van der Waals surface area contributed by atoms with Crippen LogP contribution in [0.1, 0.15) is 58.5 Å². The third-order valence-electron chi connectivity index (χ3n) is 6.01. The Kier molecular flexibility index (Phi) is 5.67. The molecule has 8 nitrogen and oxygen atoms in total. The Morgan fingerprint density at radius 1 is 1.10 bits per heavy atom. The topological polar surface area (TPSA) is 103 Å². The molecule has 1 aromatic carbocycles. The fourth-order valence-electron chi connectivity index (χ4n) is 4.39. The normalized spacial score (nSPS) is 17.0. The van der Waals surface area contributed by atoms with Crippen LogP contribution in [-0.4, -0.2) is 44.9 Å². The number of carbonyl (C=O) groups is 2. The van der Waals surface area contributed by atoms with E-state index >= 15 is 0 Å². The molecule has 1 amide bonds. The van der Waals surface area contributed by atoms with Gasteiger partial charge in [-0.1, -0.05) is 31.4 Å². The minimum Gasteiger partial charge on any atom is -0.502 e. The number of carboxylic acid groups (broad SMARTS) is 1. The standard InChI is InChI=1S/C22H24FN3O5/c23-16-8-6-15(7-9-16)11-25-13-24(10-14-4-2-1-3-5-14)21(29)18-20(28)19(27)17(22(30)31)12-26(18)25/h6-9,12,14,28H,1-5,10-11,13H2,(H,30,31). The van der Waals surface area contributed by atoms with E-state index in [2.05, 4.69) is 0 Å². The summed E-state index contributed by atoms with van der Waals surface area (Å²) in [5, 5.41) is 21.5. The zero-order valence-corrected chi connectivity index (χ0v) is 17.0. The summed E-state index contributed by atoms with van der Waals surface area (Å²) >= 11 is 0. The van der Waals surface area contributed by atoms with Crippen LogP contribution >= 0.6 is 0 Å². The van der Waals surface area contributed by atoms with Gasteiger partial charge >= 0.3 is 5.97 Å². The Hall–Kier alpha value is -3.36. The smallest absolute Gasteiger partial charge is 0.341 e. The van der Waals surface area contributed by atoms with E-state index < -0.39 is 28.6 Å². The van der Waals surface area contributed by atoms with Gasteiger partial charge in [0.2, 0.25) is 5.43 Å². The number of pyridine rings is 1. The number of benzene rings is 1. The highest BCUT2D eigenvalue weighted by Crippen LogP contribution is 2.28. The second-order valence-corrected chi connectivity index (χ2v) is 8.18. The highest BCUT2D eigenvalue weighted by atomic mass is 19.1. The van der Waals surface area contributed by atoms with Crippen molar-refractivity contribution in [3.05, 3.63) is 63.3 Å². The SMILES string of the molecule is O=C(O)c1cn2c(c(O)c1=O)C(=O)N(CC1CCCCC1)CN2Cc1ccc(F)cc1. The Morgan fingerprint density at radius 3 is 2.42 bits per heavy atom. The van der Waals surface area contributed by atoms with Gasteiger partial charge in [-0.3, -0.25) is 19.3 Å². The minimum absolute atomic E-state index is 0.154. The van der Waals surface area contributed by atoms with Crippen LogP contribution in [0.25, 0.3) is 0 Å². The molecule has 1 aliphatic heterocycles. The van der Waals surface area contributed by atoms with Crippen molar-refractivity contribution in [2.24, 2.45) is 5.92 Å². The van der Waals surface area contributed by atoms with E-state index in [1.54, 1.807) is 22.0 Å². The quantitative estimate of drug-likeness (QED) is 0.757. The van der Waals surface area contributed by atoms with Crippen LogP contribution in [0.5, 0.6) is 5.75 Å². The van der Waals surface area contributed by atoms with Crippen molar-refractivity contribution in [2.75, 3.05) is 18.2 Å². The molecule has 2 N–H and O–H groups in total. The average molecular weight is 429 g/mol. The molecule has 4 rings (SSSR count). The van der Waals surface area contributed by atoms with E-state index in [1.807, 2.05) is 0 Å². The van der Waals surface area contributed by atoms with Gasteiger partial charge in [0.15, 0.2) is 11.4 Å². The number of amides is 1. The van der Waals surface area contributed by atoms with Gasteiger partial charge in [0, 0.05) is 12.7 Å². The van der Waals surface area contributed by atoms with Crippen molar-refractivity contribution < 1.29 is 24.2 Å². The first-order valence-electron chi connectivity index (χ1n) is 10.4. The number of aromatic nitrogens is 1. The first-order valence-corrected chi connectivity index (χ1v) is 10.4. The Balaban J connectivity index is 1.74. The Morgan fingerprint density at radius 2 is 1.77 bits per heavy atom. The summed E-state index contributed by atoms with van der Waals surface area (Å²) in [6, 6.07) is 5.82. The molecule has 1 aromatic heterocycles. The summed E-state index contributed by atoms with van der Waals surface area (Å²) in [5.74, 6) is -2.92. The lowest BCUT2D eigenvalue weighted by Gasteiger charge is -2.41. The average Bonchev–Trinajstić information content (AvgIpc) is 2.75. The number of rotatable bonds is 5. The van der Waals surface area contributed by atoms with Crippen LogP contribution < -0.4 is 10.4 Å². The maximum Gasteiger partial charge on any atom is 0.341 e. The highest BCUT2D eigenvalue weighted by molar-refractivity contribution is 5.97. The van der Waals surface area contributed by atoms with E-state index in [0.29, 0.717) is 12.5 Å². The molecule has 0 bridgehead atoms. The van der Waals surface area contributed by atoms with Crippen molar-refractivity contribution in [3.63, 3.8) is 0 Å². The van der Waals surface area contributed by atoms with Gasteiger partial charge in [-0.2, -0.15) is 0 Å². The van der Waals surface area contributed by atoms with Crippen LogP contribution in [0, 0.1) is 11.7 Å². The van der Waals surface area contributed by atoms with Crippen molar-refractivity contribution in [1.29, 1.82) is 0 Å². The number of aromatic carboxylic acids is 1. The van der Waals surface area contributed by atoms with Gasteiger partial charge in [0.1, 0.15) is 18.0 Å². The van der Waals surface area contributed by atoms with E-state index in [0.717, 1.165) is 37.4 Å². The number of carbonyl (C=O) groups excluding carboxylic acids is 1. The molecule has 0 spiro atoms. The maximum absolute atomic E-state index is 13.3. The number of nitrogens with zero attached hydrogens (tertiary/aromatic N) is 3. The zero-order valence-electron chi connectivity index (χ0n) is 17.0. The molecule has 0 saturated heterocycles. The summed E-state index contributed by atoms with van der Waals surface area (Å²) in [7, 11) is 0.